The molecule has 0 spiro atoms. The zero-order valence-corrected chi connectivity index (χ0v) is 19.4. The van der Waals surface area contributed by atoms with E-state index in [1.807, 2.05) is 0 Å². The summed E-state index contributed by atoms with van der Waals surface area (Å²) in [5, 5.41) is 6.65. The van der Waals surface area contributed by atoms with Crippen LogP contribution in [0, 0.1) is 13.8 Å². The van der Waals surface area contributed by atoms with Crippen LogP contribution in [0.5, 0.6) is 5.75 Å². The molecule has 1 aromatic carbocycles. The van der Waals surface area contributed by atoms with Gasteiger partial charge in [-0.3, -0.25) is 9.89 Å². The molecule has 0 bridgehead atoms. The molecule has 1 heterocycles. The predicted molar refractivity (Wildman–Crippen MR) is 123 cm³/mol. The summed E-state index contributed by atoms with van der Waals surface area (Å²) in [6, 6.07) is 6.70. The number of morpholine rings is 1. The lowest BCUT2D eigenvalue weighted by Crippen LogP contribution is -2.44. The lowest BCUT2D eigenvalue weighted by molar-refractivity contribution is 0.0220. The van der Waals surface area contributed by atoms with Gasteiger partial charge in [-0.15, -0.1) is 24.0 Å². The van der Waals surface area contributed by atoms with Crippen LogP contribution in [-0.4, -0.2) is 69.4 Å². The Labute approximate surface area is 181 Å². The first kappa shape index (κ1) is 24.0. The minimum absolute atomic E-state index is 0. The van der Waals surface area contributed by atoms with Gasteiger partial charge in [-0.05, 0) is 51.0 Å². The molecule has 0 saturated carbocycles. The molecular formula is C20H35IN4O2. The quantitative estimate of drug-likeness (QED) is 0.254. The van der Waals surface area contributed by atoms with E-state index in [2.05, 4.69) is 61.4 Å². The molecule has 1 saturated heterocycles. The van der Waals surface area contributed by atoms with Gasteiger partial charge in [-0.1, -0.05) is 6.07 Å². The Morgan fingerprint density at radius 2 is 1.85 bits per heavy atom. The van der Waals surface area contributed by atoms with Gasteiger partial charge in [0.25, 0.3) is 0 Å². The van der Waals surface area contributed by atoms with E-state index in [-0.39, 0.29) is 24.0 Å². The molecule has 2 rings (SSSR count). The van der Waals surface area contributed by atoms with Crippen LogP contribution in [0.1, 0.15) is 25.0 Å². The van der Waals surface area contributed by atoms with E-state index in [9.17, 15) is 0 Å². The van der Waals surface area contributed by atoms with Crippen molar-refractivity contribution in [2.24, 2.45) is 4.99 Å². The monoisotopic (exact) mass is 490 g/mol. The zero-order chi connectivity index (χ0) is 18.8. The number of nitrogens with one attached hydrogen (secondary N) is 2. The molecule has 1 aliphatic heterocycles. The van der Waals surface area contributed by atoms with Crippen LogP contribution in [-0.2, 0) is 4.74 Å². The second-order valence-electron chi connectivity index (χ2n) is 6.82. The smallest absolute Gasteiger partial charge is 0.191 e. The summed E-state index contributed by atoms with van der Waals surface area (Å²) in [5.41, 5.74) is 2.44. The molecule has 2 N–H and O–H groups in total. The van der Waals surface area contributed by atoms with E-state index in [1.54, 1.807) is 0 Å². The molecule has 0 aromatic heterocycles. The molecule has 1 unspecified atom stereocenters. The van der Waals surface area contributed by atoms with Gasteiger partial charge in [0.15, 0.2) is 5.96 Å². The van der Waals surface area contributed by atoms with Crippen LogP contribution in [0.3, 0.4) is 0 Å². The second-order valence-corrected chi connectivity index (χ2v) is 6.82. The molecule has 0 aliphatic carbocycles. The average molecular weight is 490 g/mol. The van der Waals surface area contributed by atoms with E-state index in [1.165, 1.54) is 11.1 Å². The van der Waals surface area contributed by atoms with E-state index >= 15 is 0 Å². The van der Waals surface area contributed by atoms with E-state index in [0.717, 1.165) is 51.1 Å². The summed E-state index contributed by atoms with van der Waals surface area (Å²) in [7, 11) is 0. The van der Waals surface area contributed by atoms with Crippen LogP contribution in [0.25, 0.3) is 0 Å². The minimum atomic E-state index is 0. The molecule has 7 heteroatoms. The average Bonchev–Trinajstić information content (AvgIpc) is 2.62. The van der Waals surface area contributed by atoms with Crippen molar-refractivity contribution >= 4 is 29.9 Å². The molecule has 0 radical (unpaired) electrons. The van der Waals surface area contributed by atoms with Gasteiger partial charge in [-0.2, -0.15) is 0 Å². The highest BCUT2D eigenvalue weighted by Crippen LogP contribution is 2.15. The fourth-order valence-corrected chi connectivity index (χ4v) is 3.05. The van der Waals surface area contributed by atoms with Crippen molar-refractivity contribution in [3.05, 3.63) is 29.3 Å². The van der Waals surface area contributed by atoms with Crippen molar-refractivity contribution in [2.45, 2.75) is 33.7 Å². The van der Waals surface area contributed by atoms with Crippen molar-refractivity contribution in [3.63, 3.8) is 0 Å². The normalized spacial score (nSPS) is 16.4. The van der Waals surface area contributed by atoms with Gasteiger partial charge >= 0.3 is 0 Å². The highest BCUT2D eigenvalue weighted by molar-refractivity contribution is 14.0. The third-order valence-corrected chi connectivity index (χ3v) is 4.39. The van der Waals surface area contributed by atoms with Gasteiger partial charge in [0.05, 0.1) is 26.3 Å². The van der Waals surface area contributed by atoms with Crippen LogP contribution in [0.15, 0.2) is 23.2 Å². The Morgan fingerprint density at radius 1 is 1.19 bits per heavy atom. The number of aryl methyl sites for hydroxylation is 2. The topological polar surface area (TPSA) is 58.1 Å². The molecule has 6 nitrogen and oxygen atoms in total. The Hall–Kier alpha value is -1.06. The fourth-order valence-electron chi connectivity index (χ4n) is 3.05. The number of halogens is 1. The Morgan fingerprint density at radius 3 is 2.48 bits per heavy atom. The third kappa shape index (κ3) is 9.12. The maximum absolute atomic E-state index is 5.85. The zero-order valence-electron chi connectivity index (χ0n) is 17.1. The Balaban J connectivity index is 0.00000364. The molecule has 0 amide bonds. The van der Waals surface area contributed by atoms with Crippen molar-refractivity contribution in [3.8, 4) is 5.75 Å². The first-order valence-electron chi connectivity index (χ1n) is 9.63. The molecule has 1 aliphatic rings. The summed E-state index contributed by atoms with van der Waals surface area (Å²) in [4.78, 5) is 7.15. The summed E-state index contributed by atoms with van der Waals surface area (Å²) >= 11 is 0. The van der Waals surface area contributed by atoms with Gasteiger partial charge in [0.1, 0.15) is 12.4 Å². The first-order valence-corrected chi connectivity index (χ1v) is 9.63. The molecule has 1 fully saturated rings. The lowest BCUT2D eigenvalue weighted by Gasteiger charge is -2.31. The van der Waals surface area contributed by atoms with Gasteiger partial charge in [0.2, 0.25) is 0 Å². The Bertz CT molecular complexity index is 557. The first-order chi connectivity index (χ1) is 12.6. The van der Waals surface area contributed by atoms with Gasteiger partial charge in [0, 0.05) is 25.7 Å². The molecular weight excluding hydrogens is 455 g/mol. The SMILES string of the molecule is CCNC(=NCC(C)N1CCOCC1)NCCOc1cc(C)cc(C)c1.I. The molecule has 1 aromatic rings. The standard InChI is InChI=1S/C20H34N4O2.HI/c1-5-21-20(23-15-18(4)24-7-10-25-11-8-24)22-6-9-26-19-13-16(2)12-17(3)14-19;/h12-14,18H,5-11,15H2,1-4H3,(H2,21,22,23);1H. The molecule has 154 valence electrons. The molecule has 1 atom stereocenters. The number of hydrogen-bond donors (Lipinski definition) is 2. The molecule has 27 heavy (non-hydrogen) atoms. The van der Waals surface area contributed by atoms with E-state index < -0.39 is 0 Å². The number of nitrogens with zero attached hydrogens (tertiary/aromatic N) is 2. The van der Waals surface area contributed by atoms with E-state index in [4.69, 9.17) is 14.5 Å². The summed E-state index contributed by atoms with van der Waals surface area (Å²) in [6.07, 6.45) is 0. The largest absolute Gasteiger partial charge is 0.492 e. The van der Waals surface area contributed by atoms with Crippen molar-refractivity contribution < 1.29 is 9.47 Å². The second kappa shape index (κ2) is 13.2. The Kier molecular flexibility index (Phi) is 11.7. The van der Waals surface area contributed by atoms with E-state index in [0.29, 0.717) is 19.2 Å². The number of benzene rings is 1. The van der Waals surface area contributed by atoms with Crippen LogP contribution in [0.2, 0.25) is 0 Å². The van der Waals surface area contributed by atoms with Crippen molar-refractivity contribution in [2.75, 3.05) is 52.5 Å². The number of guanidine groups is 1. The van der Waals surface area contributed by atoms with Crippen LogP contribution >= 0.6 is 24.0 Å². The highest BCUT2D eigenvalue weighted by atomic mass is 127. The number of aliphatic imine (C=N–C) groups is 1. The lowest BCUT2D eigenvalue weighted by atomic mass is 10.1. The van der Waals surface area contributed by atoms with Gasteiger partial charge < -0.3 is 20.1 Å². The van der Waals surface area contributed by atoms with Crippen molar-refractivity contribution in [1.82, 2.24) is 15.5 Å². The van der Waals surface area contributed by atoms with Gasteiger partial charge in [-0.25, -0.2) is 0 Å². The third-order valence-electron chi connectivity index (χ3n) is 4.39. The minimum Gasteiger partial charge on any atom is -0.492 e. The van der Waals surface area contributed by atoms with Crippen LogP contribution in [0.4, 0.5) is 0 Å². The summed E-state index contributed by atoms with van der Waals surface area (Å²) in [6.45, 7) is 15.0. The maximum Gasteiger partial charge on any atom is 0.191 e. The van der Waals surface area contributed by atoms with Crippen LogP contribution < -0.4 is 15.4 Å². The highest BCUT2D eigenvalue weighted by Gasteiger charge is 2.16. The maximum atomic E-state index is 5.85. The summed E-state index contributed by atoms with van der Waals surface area (Å²) < 4.78 is 11.3. The number of rotatable bonds is 8. The number of hydrogen-bond acceptors (Lipinski definition) is 4. The number of ether oxygens (including phenoxy) is 2. The fraction of sp³-hybridized carbons (Fsp3) is 0.650. The summed E-state index contributed by atoms with van der Waals surface area (Å²) in [5.74, 6) is 1.77. The predicted octanol–water partition coefficient (Wildman–Crippen LogP) is 2.58. The van der Waals surface area contributed by atoms with Crippen molar-refractivity contribution in [1.29, 1.82) is 0 Å².